The smallest absolute Gasteiger partial charge is 0.145 e. The van der Waals surface area contributed by atoms with Gasteiger partial charge < -0.3 is 0 Å². The normalized spacial score (nSPS) is 14.8. The summed E-state index contributed by atoms with van der Waals surface area (Å²) in [6.45, 7) is 3.14. The molecule has 1 rings (SSSR count). The van der Waals surface area contributed by atoms with Gasteiger partial charge in [0.15, 0.2) is 0 Å². The molecule has 2 atom stereocenters. The average Bonchev–Trinajstić information content (AvgIpc) is 2.16. The Labute approximate surface area is 94.3 Å². The van der Waals surface area contributed by atoms with Crippen molar-refractivity contribution in [2.45, 2.75) is 24.0 Å². The lowest BCUT2D eigenvalue weighted by Gasteiger charge is -2.07. The topological polar surface area (TPSA) is 34.1 Å². The van der Waals surface area contributed by atoms with Crippen LogP contribution >= 0.6 is 15.9 Å². The van der Waals surface area contributed by atoms with Gasteiger partial charge in [-0.15, -0.1) is 0 Å². The predicted octanol–water partition coefficient (Wildman–Crippen LogP) is 2.53. The van der Waals surface area contributed by atoms with Gasteiger partial charge in [0.2, 0.25) is 0 Å². The fraction of sp³-hybridized carbons (Fsp3) is 0.300. The van der Waals surface area contributed by atoms with Gasteiger partial charge in [-0.25, -0.2) is 0 Å². The monoisotopic (exact) mass is 274 g/mol. The number of carbonyl (C=O) groups excluding carboxylic acids is 1. The van der Waals surface area contributed by atoms with Crippen LogP contribution in [0.4, 0.5) is 0 Å². The molecule has 0 aliphatic heterocycles. The molecule has 0 amide bonds. The SMILES string of the molecule is CC(=O)C(C)S(=O)c1ccc(Br)cc1. The molecule has 0 radical (unpaired) electrons. The first-order valence-corrected chi connectivity index (χ1v) is 6.19. The van der Waals surface area contributed by atoms with E-state index >= 15 is 0 Å². The largest absolute Gasteiger partial charge is 0.299 e. The summed E-state index contributed by atoms with van der Waals surface area (Å²) in [5.41, 5.74) is 0. The minimum absolute atomic E-state index is 0.0498. The highest BCUT2D eigenvalue weighted by Crippen LogP contribution is 2.16. The zero-order valence-corrected chi connectivity index (χ0v) is 10.4. The Morgan fingerprint density at radius 2 is 1.86 bits per heavy atom. The number of ketones is 1. The van der Waals surface area contributed by atoms with Crippen molar-refractivity contribution in [1.29, 1.82) is 0 Å². The van der Waals surface area contributed by atoms with E-state index in [1.165, 1.54) is 6.92 Å². The first kappa shape index (κ1) is 11.6. The van der Waals surface area contributed by atoms with E-state index in [0.29, 0.717) is 4.90 Å². The number of Topliss-reactive ketones (excluding diaryl/α,β-unsaturated/α-hetero) is 1. The van der Waals surface area contributed by atoms with Crippen molar-refractivity contribution in [3.63, 3.8) is 0 Å². The quantitative estimate of drug-likeness (QED) is 0.849. The molecule has 0 fully saturated rings. The Kier molecular flexibility index (Phi) is 4.01. The zero-order valence-electron chi connectivity index (χ0n) is 7.99. The molecular formula is C10H11BrO2S. The number of halogens is 1. The Balaban J connectivity index is 2.90. The Morgan fingerprint density at radius 1 is 1.36 bits per heavy atom. The highest BCUT2D eigenvalue weighted by Gasteiger charge is 2.17. The van der Waals surface area contributed by atoms with E-state index in [9.17, 15) is 9.00 Å². The van der Waals surface area contributed by atoms with Crippen LogP contribution in [0.5, 0.6) is 0 Å². The van der Waals surface area contributed by atoms with Crippen LogP contribution < -0.4 is 0 Å². The molecule has 2 nitrogen and oxygen atoms in total. The van der Waals surface area contributed by atoms with E-state index in [0.717, 1.165) is 4.47 Å². The van der Waals surface area contributed by atoms with E-state index in [2.05, 4.69) is 15.9 Å². The van der Waals surface area contributed by atoms with Crippen molar-refractivity contribution >= 4 is 32.5 Å². The van der Waals surface area contributed by atoms with Gasteiger partial charge in [0.1, 0.15) is 5.78 Å². The Bertz CT molecular complexity index is 359. The third-order valence-corrected chi connectivity index (χ3v) is 4.18. The van der Waals surface area contributed by atoms with Gasteiger partial charge in [0, 0.05) is 9.37 Å². The van der Waals surface area contributed by atoms with Crippen LogP contribution in [0.15, 0.2) is 33.6 Å². The minimum Gasteiger partial charge on any atom is -0.299 e. The van der Waals surface area contributed by atoms with Crippen LogP contribution in [-0.4, -0.2) is 15.2 Å². The zero-order chi connectivity index (χ0) is 10.7. The van der Waals surface area contributed by atoms with E-state index in [4.69, 9.17) is 0 Å². The van der Waals surface area contributed by atoms with Gasteiger partial charge in [0.05, 0.1) is 16.0 Å². The Hall–Kier alpha value is -0.480. The fourth-order valence-corrected chi connectivity index (χ4v) is 2.30. The summed E-state index contributed by atoms with van der Waals surface area (Å²) in [6, 6.07) is 7.17. The maximum Gasteiger partial charge on any atom is 0.145 e. The molecule has 1 aromatic carbocycles. The summed E-state index contributed by atoms with van der Waals surface area (Å²) in [5.74, 6) is -0.0498. The molecule has 2 unspecified atom stereocenters. The molecule has 0 heterocycles. The van der Waals surface area contributed by atoms with Crippen molar-refractivity contribution in [2.75, 3.05) is 0 Å². The molecule has 0 bridgehead atoms. The van der Waals surface area contributed by atoms with Gasteiger partial charge in [0.25, 0.3) is 0 Å². The molecule has 14 heavy (non-hydrogen) atoms. The number of carbonyl (C=O) groups is 1. The van der Waals surface area contributed by atoms with Gasteiger partial charge in [-0.3, -0.25) is 9.00 Å². The van der Waals surface area contributed by atoms with Crippen LogP contribution in [0.2, 0.25) is 0 Å². The van der Waals surface area contributed by atoms with E-state index in [1.54, 1.807) is 19.1 Å². The Morgan fingerprint density at radius 3 is 2.29 bits per heavy atom. The van der Waals surface area contributed by atoms with Crippen molar-refractivity contribution < 1.29 is 9.00 Å². The third-order valence-electron chi connectivity index (χ3n) is 1.94. The molecule has 0 spiro atoms. The van der Waals surface area contributed by atoms with Gasteiger partial charge in [-0.05, 0) is 38.1 Å². The van der Waals surface area contributed by atoms with Crippen LogP contribution in [-0.2, 0) is 15.6 Å². The molecule has 0 aromatic heterocycles. The second kappa shape index (κ2) is 4.84. The molecule has 0 N–H and O–H groups in total. The summed E-state index contributed by atoms with van der Waals surface area (Å²) in [4.78, 5) is 11.7. The number of hydrogen-bond acceptors (Lipinski definition) is 2. The average molecular weight is 275 g/mol. The first-order valence-electron chi connectivity index (χ1n) is 4.19. The maximum absolute atomic E-state index is 11.8. The van der Waals surface area contributed by atoms with Gasteiger partial charge in [-0.1, -0.05) is 15.9 Å². The predicted molar refractivity (Wildman–Crippen MR) is 60.7 cm³/mol. The lowest BCUT2D eigenvalue weighted by Crippen LogP contribution is -2.19. The molecule has 76 valence electrons. The summed E-state index contributed by atoms with van der Waals surface area (Å²) in [5, 5.41) is -0.434. The molecule has 0 aliphatic rings. The molecular weight excluding hydrogens is 264 g/mol. The van der Waals surface area contributed by atoms with Crippen LogP contribution in [0.3, 0.4) is 0 Å². The molecule has 4 heteroatoms. The summed E-state index contributed by atoms with van der Waals surface area (Å²) in [7, 11) is -1.24. The van der Waals surface area contributed by atoms with Crippen molar-refractivity contribution in [3.8, 4) is 0 Å². The molecule has 0 saturated heterocycles. The van der Waals surface area contributed by atoms with Gasteiger partial charge >= 0.3 is 0 Å². The number of hydrogen-bond donors (Lipinski definition) is 0. The van der Waals surface area contributed by atoms with E-state index < -0.39 is 16.0 Å². The van der Waals surface area contributed by atoms with Crippen LogP contribution in [0.25, 0.3) is 0 Å². The molecule has 0 saturated carbocycles. The van der Waals surface area contributed by atoms with Gasteiger partial charge in [-0.2, -0.15) is 0 Å². The van der Waals surface area contributed by atoms with Crippen LogP contribution in [0, 0.1) is 0 Å². The fourth-order valence-electron chi connectivity index (χ4n) is 0.924. The molecule has 0 aliphatic carbocycles. The number of benzene rings is 1. The van der Waals surface area contributed by atoms with E-state index in [1.807, 2.05) is 12.1 Å². The third kappa shape index (κ3) is 2.75. The second-order valence-electron chi connectivity index (χ2n) is 3.00. The van der Waals surface area contributed by atoms with Crippen molar-refractivity contribution in [2.24, 2.45) is 0 Å². The maximum atomic E-state index is 11.8. The summed E-state index contributed by atoms with van der Waals surface area (Å²) < 4.78 is 12.7. The second-order valence-corrected chi connectivity index (χ2v) is 5.69. The highest BCUT2D eigenvalue weighted by molar-refractivity contribution is 9.10. The summed E-state index contributed by atoms with van der Waals surface area (Å²) >= 11 is 3.29. The summed E-state index contributed by atoms with van der Waals surface area (Å²) in [6.07, 6.45) is 0. The molecule has 1 aromatic rings. The highest BCUT2D eigenvalue weighted by atomic mass is 79.9. The van der Waals surface area contributed by atoms with Crippen LogP contribution in [0.1, 0.15) is 13.8 Å². The van der Waals surface area contributed by atoms with Crippen molar-refractivity contribution in [3.05, 3.63) is 28.7 Å². The first-order chi connectivity index (χ1) is 6.52. The standard InChI is InChI=1S/C10H11BrO2S/c1-7(12)8(2)14(13)10-5-3-9(11)4-6-10/h3-6,8H,1-2H3. The lowest BCUT2D eigenvalue weighted by atomic mass is 10.3. The number of rotatable bonds is 3. The lowest BCUT2D eigenvalue weighted by molar-refractivity contribution is -0.116. The van der Waals surface area contributed by atoms with Crippen molar-refractivity contribution in [1.82, 2.24) is 0 Å². The van der Waals surface area contributed by atoms with E-state index in [-0.39, 0.29) is 5.78 Å². The minimum atomic E-state index is -1.24.